The molecule has 0 aliphatic carbocycles. The van der Waals surface area contributed by atoms with Crippen molar-refractivity contribution in [1.82, 2.24) is 0 Å². The van der Waals surface area contributed by atoms with Crippen LogP contribution in [-0.2, 0) is 16.0 Å². The molecule has 1 rings (SSSR count). The minimum atomic E-state index is -0.227. The number of hydrogen-bond donors (Lipinski definition) is 0. The van der Waals surface area contributed by atoms with E-state index in [1.165, 1.54) is 7.11 Å². The van der Waals surface area contributed by atoms with Crippen LogP contribution in [0.25, 0.3) is 0 Å². The minimum absolute atomic E-state index is 0.227. The van der Waals surface area contributed by atoms with Crippen molar-refractivity contribution in [3.8, 4) is 11.5 Å². The Balaban J connectivity index is 2.85. The number of ether oxygens (including phenoxy) is 3. The van der Waals surface area contributed by atoms with Crippen LogP contribution in [0.15, 0.2) is 18.2 Å². The van der Waals surface area contributed by atoms with Gasteiger partial charge in [-0.1, -0.05) is 12.1 Å². The third-order valence-electron chi connectivity index (χ3n) is 2.40. The first-order valence-corrected chi connectivity index (χ1v) is 5.58. The molecule has 94 valence electrons. The summed E-state index contributed by atoms with van der Waals surface area (Å²) >= 11 is 0. The summed E-state index contributed by atoms with van der Waals surface area (Å²) in [5.74, 6) is 1.17. The number of esters is 1. The second kappa shape index (κ2) is 6.78. The average Bonchev–Trinajstić information content (AvgIpc) is 2.37. The lowest BCUT2D eigenvalue weighted by molar-refractivity contribution is -0.140. The molecule has 4 heteroatoms. The van der Waals surface area contributed by atoms with Crippen LogP contribution in [0.4, 0.5) is 0 Å². The predicted molar refractivity (Wildman–Crippen MR) is 64.5 cm³/mol. The van der Waals surface area contributed by atoms with Gasteiger partial charge in [-0.25, -0.2) is 0 Å². The zero-order valence-corrected chi connectivity index (χ0v) is 10.5. The number of benzene rings is 1. The van der Waals surface area contributed by atoms with Crippen molar-refractivity contribution in [2.75, 3.05) is 20.8 Å². The van der Waals surface area contributed by atoms with E-state index in [0.717, 1.165) is 5.56 Å². The van der Waals surface area contributed by atoms with Crippen LogP contribution in [0.2, 0.25) is 0 Å². The van der Waals surface area contributed by atoms with Crippen molar-refractivity contribution in [3.05, 3.63) is 23.8 Å². The van der Waals surface area contributed by atoms with E-state index in [2.05, 4.69) is 4.74 Å². The number of methoxy groups -OCH3 is 2. The molecule has 0 spiro atoms. The Morgan fingerprint density at radius 3 is 2.65 bits per heavy atom. The zero-order chi connectivity index (χ0) is 12.7. The molecule has 0 bridgehead atoms. The lowest BCUT2D eigenvalue weighted by Gasteiger charge is -2.13. The minimum Gasteiger partial charge on any atom is -0.493 e. The number of aryl methyl sites for hydroxylation is 1. The number of rotatable bonds is 6. The molecule has 0 saturated carbocycles. The summed E-state index contributed by atoms with van der Waals surface area (Å²) in [4.78, 5) is 11.1. The molecule has 0 unspecified atom stereocenters. The van der Waals surface area contributed by atoms with Gasteiger partial charge in [0.15, 0.2) is 11.5 Å². The number of hydrogen-bond acceptors (Lipinski definition) is 4. The van der Waals surface area contributed by atoms with Crippen LogP contribution in [0.1, 0.15) is 18.9 Å². The van der Waals surface area contributed by atoms with E-state index in [0.29, 0.717) is 30.9 Å². The van der Waals surface area contributed by atoms with Crippen LogP contribution in [0.3, 0.4) is 0 Å². The third kappa shape index (κ3) is 3.66. The Morgan fingerprint density at radius 2 is 2.06 bits per heavy atom. The van der Waals surface area contributed by atoms with Gasteiger partial charge in [0.2, 0.25) is 0 Å². The summed E-state index contributed by atoms with van der Waals surface area (Å²) in [6.07, 6.45) is 0.920. The Bertz CT molecular complexity index is 374. The second-order valence-corrected chi connectivity index (χ2v) is 3.46. The standard InChI is InChI=1S/C13H18O4/c1-4-17-13-10(8-9-12(14)16-3)6-5-7-11(13)15-2/h5-7H,4,8-9H2,1-3H3. The summed E-state index contributed by atoms with van der Waals surface area (Å²) in [5.41, 5.74) is 0.955. The first kappa shape index (κ1) is 13.4. The van der Waals surface area contributed by atoms with Crippen LogP contribution >= 0.6 is 0 Å². The first-order chi connectivity index (χ1) is 8.22. The normalized spacial score (nSPS) is 9.82. The summed E-state index contributed by atoms with van der Waals surface area (Å²) in [6, 6.07) is 5.65. The Morgan fingerprint density at radius 1 is 1.29 bits per heavy atom. The van der Waals surface area contributed by atoms with Gasteiger partial charge in [-0.05, 0) is 25.0 Å². The molecule has 0 aliphatic rings. The molecule has 0 atom stereocenters. The summed E-state index contributed by atoms with van der Waals surface area (Å²) in [5, 5.41) is 0. The van der Waals surface area contributed by atoms with Crippen molar-refractivity contribution >= 4 is 5.97 Å². The molecule has 0 fully saturated rings. The summed E-state index contributed by atoms with van der Waals surface area (Å²) < 4.78 is 15.4. The Hall–Kier alpha value is -1.71. The monoisotopic (exact) mass is 238 g/mol. The topological polar surface area (TPSA) is 44.8 Å². The smallest absolute Gasteiger partial charge is 0.305 e. The van der Waals surface area contributed by atoms with E-state index >= 15 is 0 Å². The zero-order valence-electron chi connectivity index (χ0n) is 10.5. The average molecular weight is 238 g/mol. The van der Waals surface area contributed by atoms with E-state index in [-0.39, 0.29) is 5.97 Å². The molecule has 1 aromatic carbocycles. The second-order valence-electron chi connectivity index (χ2n) is 3.46. The molecular weight excluding hydrogens is 220 g/mol. The highest BCUT2D eigenvalue weighted by Crippen LogP contribution is 2.31. The highest BCUT2D eigenvalue weighted by atomic mass is 16.5. The van der Waals surface area contributed by atoms with Gasteiger partial charge in [-0.15, -0.1) is 0 Å². The predicted octanol–water partition coefficient (Wildman–Crippen LogP) is 2.20. The molecule has 0 heterocycles. The number of carbonyl (C=O) groups is 1. The Kier molecular flexibility index (Phi) is 5.33. The van der Waals surface area contributed by atoms with Gasteiger partial charge in [0, 0.05) is 6.42 Å². The van der Waals surface area contributed by atoms with Crippen LogP contribution in [-0.4, -0.2) is 26.8 Å². The molecule has 0 aliphatic heterocycles. The molecule has 4 nitrogen and oxygen atoms in total. The fourth-order valence-corrected chi connectivity index (χ4v) is 1.57. The van der Waals surface area contributed by atoms with Crippen molar-refractivity contribution in [1.29, 1.82) is 0 Å². The first-order valence-electron chi connectivity index (χ1n) is 5.58. The molecule has 0 N–H and O–H groups in total. The van der Waals surface area contributed by atoms with E-state index in [1.807, 2.05) is 25.1 Å². The third-order valence-corrected chi connectivity index (χ3v) is 2.40. The van der Waals surface area contributed by atoms with Gasteiger partial charge >= 0.3 is 5.97 Å². The van der Waals surface area contributed by atoms with Crippen molar-refractivity contribution in [2.45, 2.75) is 19.8 Å². The Labute approximate surface area is 101 Å². The molecular formula is C13H18O4. The van der Waals surface area contributed by atoms with Crippen molar-refractivity contribution in [2.24, 2.45) is 0 Å². The van der Waals surface area contributed by atoms with Gasteiger partial charge in [-0.3, -0.25) is 4.79 Å². The number of para-hydroxylation sites is 1. The van der Waals surface area contributed by atoms with Gasteiger partial charge in [0.25, 0.3) is 0 Å². The quantitative estimate of drug-likeness (QED) is 0.713. The highest BCUT2D eigenvalue weighted by Gasteiger charge is 2.11. The molecule has 0 radical (unpaired) electrons. The van der Waals surface area contributed by atoms with Gasteiger partial charge < -0.3 is 14.2 Å². The van der Waals surface area contributed by atoms with Gasteiger partial charge in [-0.2, -0.15) is 0 Å². The van der Waals surface area contributed by atoms with E-state index in [4.69, 9.17) is 9.47 Å². The summed E-state index contributed by atoms with van der Waals surface area (Å²) in [6.45, 7) is 2.47. The van der Waals surface area contributed by atoms with Crippen LogP contribution in [0.5, 0.6) is 11.5 Å². The summed E-state index contributed by atoms with van der Waals surface area (Å²) in [7, 11) is 2.99. The molecule has 17 heavy (non-hydrogen) atoms. The maximum absolute atomic E-state index is 11.1. The maximum Gasteiger partial charge on any atom is 0.305 e. The fraction of sp³-hybridized carbons (Fsp3) is 0.462. The molecule has 0 amide bonds. The molecule has 0 aromatic heterocycles. The number of carbonyl (C=O) groups excluding carboxylic acids is 1. The van der Waals surface area contributed by atoms with E-state index in [1.54, 1.807) is 7.11 Å². The lowest BCUT2D eigenvalue weighted by atomic mass is 10.1. The van der Waals surface area contributed by atoms with Crippen molar-refractivity contribution in [3.63, 3.8) is 0 Å². The van der Waals surface area contributed by atoms with Gasteiger partial charge in [0.1, 0.15) is 0 Å². The van der Waals surface area contributed by atoms with Crippen molar-refractivity contribution < 1.29 is 19.0 Å². The van der Waals surface area contributed by atoms with Crippen LogP contribution < -0.4 is 9.47 Å². The molecule has 0 saturated heterocycles. The highest BCUT2D eigenvalue weighted by molar-refractivity contribution is 5.69. The fourth-order valence-electron chi connectivity index (χ4n) is 1.57. The van der Waals surface area contributed by atoms with E-state index in [9.17, 15) is 4.79 Å². The van der Waals surface area contributed by atoms with E-state index < -0.39 is 0 Å². The van der Waals surface area contributed by atoms with Gasteiger partial charge in [0.05, 0.1) is 20.8 Å². The SMILES string of the molecule is CCOc1c(CCC(=O)OC)cccc1OC. The van der Waals surface area contributed by atoms with Crippen LogP contribution in [0, 0.1) is 0 Å². The largest absolute Gasteiger partial charge is 0.493 e. The molecule has 1 aromatic rings. The lowest BCUT2D eigenvalue weighted by Crippen LogP contribution is -2.04. The maximum atomic E-state index is 11.1.